The smallest absolute Gasteiger partial charge is 0.129 e. The van der Waals surface area contributed by atoms with Crippen LogP contribution in [0.2, 0.25) is 5.15 Å². The molecule has 1 aromatic rings. The molecule has 0 unspecified atom stereocenters. The van der Waals surface area contributed by atoms with E-state index in [1.54, 1.807) is 18.2 Å². The van der Waals surface area contributed by atoms with E-state index in [9.17, 15) is 0 Å². The highest BCUT2D eigenvalue weighted by Gasteiger charge is 1.84. The number of aryl methyl sites for hydroxylation is 1. The Morgan fingerprint density at radius 2 is 2.62 bits per heavy atom. The predicted molar refractivity (Wildman–Crippen MR) is 34.0 cm³/mol. The molecule has 0 aromatic carbocycles. The molecule has 0 radical (unpaired) electrons. The molecule has 1 heterocycles. The Balaban J connectivity index is 2.94. The largest absolute Gasteiger partial charge is 0.241 e. The first-order valence-electron chi connectivity index (χ1n) is 2.94. The number of nitrogens with zero attached hydrogens (tertiary/aromatic N) is 1. The SMILES string of the molecule is [2H]Cc1cccc(Cl)n1. The minimum absolute atomic E-state index is 0.195. The molecular weight excluding hydrogens is 122 g/mol. The Morgan fingerprint density at radius 1 is 1.75 bits per heavy atom. The lowest BCUT2D eigenvalue weighted by atomic mass is 10.4. The Morgan fingerprint density at radius 3 is 3.12 bits per heavy atom. The lowest BCUT2D eigenvalue weighted by Crippen LogP contribution is -1.76. The molecule has 0 N–H and O–H groups in total. The fourth-order valence-electron chi connectivity index (χ4n) is 0.450. The Kier molecular flexibility index (Phi) is 1.16. The van der Waals surface area contributed by atoms with Gasteiger partial charge in [0.25, 0.3) is 0 Å². The van der Waals surface area contributed by atoms with Crippen molar-refractivity contribution in [2.45, 2.75) is 6.90 Å². The minimum atomic E-state index is 0.195. The van der Waals surface area contributed by atoms with Crippen LogP contribution in [0.25, 0.3) is 0 Å². The molecule has 0 saturated carbocycles. The zero-order valence-corrected chi connectivity index (χ0v) is 5.02. The van der Waals surface area contributed by atoms with Gasteiger partial charge in [-0.25, -0.2) is 4.98 Å². The van der Waals surface area contributed by atoms with E-state index in [0.717, 1.165) is 0 Å². The van der Waals surface area contributed by atoms with E-state index in [4.69, 9.17) is 13.0 Å². The lowest BCUT2D eigenvalue weighted by Gasteiger charge is -1.88. The highest BCUT2D eigenvalue weighted by Crippen LogP contribution is 2.02. The van der Waals surface area contributed by atoms with Crippen molar-refractivity contribution in [3.63, 3.8) is 0 Å². The lowest BCUT2D eigenvalue weighted by molar-refractivity contribution is 1.20. The van der Waals surface area contributed by atoms with Crippen LogP contribution < -0.4 is 0 Å². The average Bonchev–Trinajstić information content (AvgIpc) is 1.88. The molecule has 0 spiro atoms. The monoisotopic (exact) mass is 128 g/mol. The molecular formula is C6H6ClN. The summed E-state index contributed by atoms with van der Waals surface area (Å²) in [6, 6.07) is 5.26. The molecule has 42 valence electrons. The first-order valence-corrected chi connectivity index (χ1v) is 2.61. The van der Waals surface area contributed by atoms with E-state index < -0.39 is 0 Å². The van der Waals surface area contributed by atoms with Gasteiger partial charge in [-0.05, 0) is 19.0 Å². The van der Waals surface area contributed by atoms with Crippen molar-refractivity contribution in [3.8, 4) is 0 Å². The Labute approximate surface area is 54.7 Å². The molecule has 0 atom stereocenters. The second kappa shape index (κ2) is 2.14. The van der Waals surface area contributed by atoms with Gasteiger partial charge in [0.05, 0.1) is 0 Å². The molecule has 0 fully saturated rings. The van der Waals surface area contributed by atoms with Gasteiger partial charge < -0.3 is 0 Å². The van der Waals surface area contributed by atoms with Crippen molar-refractivity contribution in [3.05, 3.63) is 29.0 Å². The zero-order valence-electron chi connectivity index (χ0n) is 5.26. The van der Waals surface area contributed by atoms with E-state index in [-0.39, 0.29) is 6.90 Å². The van der Waals surface area contributed by atoms with Gasteiger partial charge in [-0.1, -0.05) is 17.7 Å². The standard InChI is InChI=1S/C6H6ClN/c1-5-3-2-4-6(7)8-5/h2-4H,1H3/i1D. The number of rotatable bonds is 0. The van der Waals surface area contributed by atoms with Crippen molar-refractivity contribution >= 4 is 11.6 Å². The molecule has 8 heavy (non-hydrogen) atoms. The van der Waals surface area contributed by atoms with Gasteiger partial charge in [0.1, 0.15) is 5.15 Å². The molecule has 1 aromatic heterocycles. The number of pyridine rings is 1. The van der Waals surface area contributed by atoms with Crippen molar-refractivity contribution < 1.29 is 1.37 Å². The quantitative estimate of drug-likeness (QED) is 0.488. The zero-order chi connectivity index (χ0) is 6.69. The molecule has 2 heteroatoms. The second-order valence-electron chi connectivity index (χ2n) is 1.45. The van der Waals surface area contributed by atoms with Gasteiger partial charge in [-0.2, -0.15) is 0 Å². The van der Waals surface area contributed by atoms with Crippen LogP contribution in [0.1, 0.15) is 7.06 Å². The number of hydrogen-bond donors (Lipinski definition) is 0. The van der Waals surface area contributed by atoms with Gasteiger partial charge >= 0.3 is 0 Å². The van der Waals surface area contributed by atoms with Crippen LogP contribution in [0.3, 0.4) is 0 Å². The van der Waals surface area contributed by atoms with E-state index in [0.29, 0.717) is 10.8 Å². The Hall–Kier alpha value is -0.560. The van der Waals surface area contributed by atoms with Crippen LogP contribution in [0.5, 0.6) is 0 Å². The molecule has 0 aliphatic carbocycles. The van der Waals surface area contributed by atoms with Crippen LogP contribution in [-0.4, -0.2) is 4.98 Å². The third-order valence-corrected chi connectivity index (χ3v) is 0.983. The van der Waals surface area contributed by atoms with Crippen LogP contribution in [-0.2, 0) is 0 Å². The third kappa shape index (κ3) is 1.20. The number of hydrogen-bond acceptors (Lipinski definition) is 1. The first-order chi connectivity index (χ1) is 4.33. The summed E-state index contributed by atoms with van der Waals surface area (Å²) in [6.45, 7) is 0.195. The highest BCUT2D eigenvalue weighted by atomic mass is 35.5. The average molecular weight is 129 g/mol. The maximum atomic E-state index is 6.92. The third-order valence-electron chi connectivity index (χ3n) is 0.773. The normalized spacial score (nSPS) is 10.9. The fraction of sp³-hybridized carbons (Fsp3) is 0.167. The summed E-state index contributed by atoms with van der Waals surface area (Å²) in [4.78, 5) is 3.87. The predicted octanol–water partition coefficient (Wildman–Crippen LogP) is 2.04. The van der Waals surface area contributed by atoms with E-state index in [1.807, 2.05) is 0 Å². The van der Waals surface area contributed by atoms with Gasteiger partial charge in [-0.3, -0.25) is 0 Å². The number of aromatic nitrogens is 1. The molecule has 1 rings (SSSR count). The van der Waals surface area contributed by atoms with E-state index >= 15 is 0 Å². The van der Waals surface area contributed by atoms with E-state index in [1.165, 1.54) is 0 Å². The van der Waals surface area contributed by atoms with Crippen LogP contribution in [0.4, 0.5) is 0 Å². The first kappa shape index (κ1) is 4.33. The summed E-state index contributed by atoms with van der Waals surface area (Å²) >= 11 is 5.53. The van der Waals surface area contributed by atoms with Crippen molar-refractivity contribution in [1.29, 1.82) is 0 Å². The van der Waals surface area contributed by atoms with Gasteiger partial charge in [0, 0.05) is 7.06 Å². The van der Waals surface area contributed by atoms with Crippen LogP contribution in [0.15, 0.2) is 18.2 Å². The molecule has 0 aliphatic rings. The van der Waals surface area contributed by atoms with Crippen molar-refractivity contribution in [2.75, 3.05) is 0 Å². The summed E-state index contributed by atoms with van der Waals surface area (Å²) in [5.41, 5.74) is 0.711. The van der Waals surface area contributed by atoms with Crippen molar-refractivity contribution in [1.82, 2.24) is 4.98 Å². The minimum Gasteiger partial charge on any atom is -0.241 e. The van der Waals surface area contributed by atoms with E-state index in [2.05, 4.69) is 4.98 Å². The summed E-state index contributed by atoms with van der Waals surface area (Å²) in [5.74, 6) is 0. The summed E-state index contributed by atoms with van der Waals surface area (Å²) in [7, 11) is 0. The maximum Gasteiger partial charge on any atom is 0.129 e. The highest BCUT2D eigenvalue weighted by molar-refractivity contribution is 6.29. The van der Waals surface area contributed by atoms with Crippen LogP contribution >= 0.6 is 11.6 Å². The topological polar surface area (TPSA) is 12.9 Å². The van der Waals surface area contributed by atoms with Gasteiger partial charge in [0.2, 0.25) is 0 Å². The molecule has 0 amide bonds. The molecule has 0 saturated heterocycles. The fourth-order valence-corrected chi connectivity index (χ4v) is 0.632. The summed E-state index contributed by atoms with van der Waals surface area (Å²) < 4.78 is 6.92. The maximum absolute atomic E-state index is 6.92. The summed E-state index contributed by atoms with van der Waals surface area (Å²) in [6.07, 6.45) is 0. The summed E-state index contributed by atoms with van der Waals surface area (Å²) in [5, 5.41) is 0.458. The van der Waals surface area contributed by atoms with Gasteiger partial charge in [0.15, 0.2) is 0 Å². The molecule has 0 bridgehead atoms. The second-order valence-corrected chi connectivity index (χ2v) is 1.84. The van der Waals surface area contributed by atoms with Crippen LogP contribution in [0, 0.1) is 6.90 Å². The van der Waals surface area contributed by atoms with Gasteiger partial charge in [-0.15, -0.1) is 0 Å². The van der Waals surface area contributed by atoms with Crippen molar-refractivity contribution in [2.24, 2.45) is 0 Å². The Bertz CT molecular complexity index is 202. The molecule has 1 nitrogen and oxygen atoms in total. The molecule has 0 aliphatic heterocycles. The number of halogens is 1.